The van der Waals surface area contributed by atoms with E-state index in [1.807, 2.05) is 19.0 Å². The van der Waals surface area contributed by atoms with Crippen molar-refractivity contribution in [1.82, 2.24) is 14.7 Å². The number of esters is 1. The molecule has 0 aromatic carbocycles. The monoisotopic (exact) mass is 656 g/mol. The first-order chi connectivity index (χ1) is 20.5. The number of carboxylic acid groups (broad SMARTS) is 1. The van der Waals surface area contributed by atoms with E-state index in [1.54, 1.807) is 0 Å². The molecule has 0 aliphatic heterocycles. The van der Waals surface area contributed by atoms with Crippen LogP contribution in [-0.4, -0.2) is 149 Å². The van der Waals surface area contributed by atoms with Crippen molar-refractivity contribution < 1.29 is 54.9 Å². The molecule has 0 heterocycles. The molecular formula is C31H66N3O11-. The lowest BCUT2D eigenvalue weighted by Crippen LogP contribution is -2.36. The van der Waals surface area contributed by atoms with Crippen LogP contribution in [0.5, 0.6) is 0 Å². The van der Waals surface area contributed by atoms with Crippen LogP contribution in [-0.2, 0) is 23.9 Å². The molecule has 14 nitrogen and oxygen atoms in total. The molecule has 0 unspecified atom stereocenters. The topological polar surface area (TPSA) is 218 Å². The van der Waals surface area contributed by atoms with Crippen molar-refractivity contribution >= 4 is 23.8 Å². The number of ether oxygens (including phenoxy) is 1. The van der Waals surface area contributed by atoms with Gasteiger partial charge in [-0.3, -0.25) is 19.2 Å². The van der Waals surface area contributed by atoms with Gasteiger partial charge in [0.25, 0.3) is 0 Å². The zero-order valence-corrected chi connectivity index (χ0v) is 27.6. The summed E-state index contributed by atoms with van der Waals surface area (Å²) in [5, 5.41) is 43.5. The summed E-state index contributed by atoms with van der Waals surface area (Å²) in [7, 11) is 3.93. The van der Waals surface area contributed by atoms with Gasteiger partial charge in [0.15, 0.2) is 0 Å². The van der Waals surface area contributed by atoms with E-state index in [1.165, 1.54) is 9.80 Å². The highest BCUT2D eigenvalue weighted by molar-refractivity contribution is 5.77. The number of hydrogen-bond acceptors (Lipinski definition) is 11. The number of carbonyl (C=O) groups excluding carboxylic acids is 3. The molecule has 0 atom stereocenters. The maximum absolute atomic E-state index is 11.8. The summed E-state index contributed by atoms with van der Waals surface area (Å²) in [5.74, 6) is -1.05. The van der Waals surface area contributed by atoms with Crippen molar-refractivity contribution in [2.75, 3.05) is 79.9 Å². The Morgan fingerprint density at radius 2 is 0.933 bits per heavy atom. The van der Waals surface area contributed by atoms with E-state index in [2.05, 4.69) is 13.8 Å². The van der Waals surface area contributed by atoms with Gasteiger partial charge in [0.05, 0.1) is 26.4 Å². The average molecular weight is 657 g/mol. The summed E-state index contributed by atoms with van der Waals surface area (Å²) < 4.78 is 5.02. The molecule has 0 saturated heterocycles. The van der Waals surface area contributed by atoms with Gasteiger partial charge < -0.3 is 50.4 Å². The number of carboxylic acids is 1. The van der Waals surface area contributed by atoms with E-state index in [9.17, 15) is 19.2 Å². The number of hydrogen-bond donors (Lipinski definition) is 5. The molecule has 0 radical (unpaired) electrons. The Balaban J connectivity index is -0.000000197. The fourth-order valence-corrected chi connectivity index (χ4v) is 3.53. The SMILES string of the molecule is C.CCCCCC(=O)O.CCCCCC(=O)OCCN(C)C.O=C(CCCCC(=O)N(CCO)CCO)N(CCO)CCO.[OH-]. The molecule has 0 aromatic heterocycles. The van der Waals surface area contributed by atoms with E-state index in [0.29, 0.717) is 32.3 Å². The number of rotatable bonds is 24. The Hall–Kier alpha value is -2.36. The van der Waals surface area contributed by atoms with Crippen molar-refractivity contribution in [3.8, 4) is 0 Å². The second kappa shape index (κ2) is 39.7. The van der Waals surface area contributed by atoms with Gasteiger partial charge >= 0.3 is 11.9 Å². The number of aliphatic hydroxyl groups excluding tert-OH is 4. The van der Waals surface area contributed by atoms with Gasteiger partial charge in [-0.25, -0.2) is 0 Å². The molecule has 0 aliphatic rings. The second-order valence-corrected chi connectivity index (χ2v) is 10.2. The number of aliphatic carboxylic acids is 1. The third-order valence-electron chi connectivity index (χ3n) is 6.00. The molecule has 0 spiro atoms. The Morgan fingerprint density at radius 3 is 1.24 bits per heavy atom. The van der Waals surface area contributed by atoms with Crippen LogP contribution in [0.25, 0.3) is 0 Å². The number of carbonyl (C=O) groups is 4. The maximum atomic E-state index is 11.8. The number of likely N-dealkylation sites (N-methyl/N-ethyl adjacent to an activating group) is 1. The fraction of sp³-hybridized carbons (Fsp3) is 0.871. The summed E-state index contributed by atoms with van der Waals surface area (Å²) >= 11 is 0. The lowest BCUT2D eigenvalue weighted by atomic mass is 10.1. The van der Waals surface area contributed by atoms with E-state index in [-0.39, 0.29) is 96.1 Å². The molecule has 272 valence electrons. The predicted octanol–water partition coefficient (Wildman–Crippen LogP) is 1.96. The normalized spacial score (nSPS) is 9.80. The maximum Gasteiger partial charge on any atom is 0.305 e. The quantitative estimate of drug-likeness (QED) is 0.0744. The highest BCUT2D eigenvalue weighted by Gasteiger charge is 2.14. The lowest BCUT2D eigenvalue weighted by molar-refractivity contribution is -0.144. The standard InChI is InChI=1S/C14H28N2O6.C10H21NO2.C6H12O2.CH4.H2O/c17-9-5-15(6-10-18)13(21)3-1-2-4-14(22)16(7-11-19)8-12-20;1-4-5-6-7-10(12)13-9-8-11(2)3;1-2-3-4-5-6(7)8;;/h17-20H,1-12H2;4-9H2,1-3H3;2-5H2,1H3,(H,7,8);1H4;1H2/p-1. The highest BCUT2D eigenvalue weighted by Crippen LogP contribution is 2.06. The van der Waals surface area contributed by atoms with Crippen molar-refractivity contribution in [1.29, 1.82) is 0 Å². The molecule has 14 heteroatoms. The minimum atomic E-state index is -0.682. The highest BCUT2D eigenvalue weighted by atomic mass is 16.5. The van der Waals surface area contributed by atoms with Crippen LogP contribution in [0.2, 0.25) is 0 Å². The lowest BCUT2D eigenvalue weighted by Gasteiger charge is -2.21. The fourth-order valence-electron chi connectivity index (χ4n) is 3.53. The third-order valence-corrected chi connectivity index (χ3v) is 6.00. The number of aliphatic hydroxyl groups is 4. The van der Waals surface area contributed by atoms with E-state index < -0.39 is 5.97 Å². The summed E-state index contributed by atoms with van der Waals surface area (Å²) in [5.41, 5.74) is 0. The van der Waals surface area contributed by atoms with Crippen LogP contribution in [0, 0.1) is 0 Å². The molecule has 0 saturated carbocycles. The first-order valence-electron chi connectivity index (χ1n) is 15.5. The van der Waals surface area contributed by atoms with Gasteiger partial charge in [0, 0.05) is 58.4 Å². The van der Waals surface area contributed by atoms with Gasteiger partial charge in [-0.15, -0.1) is 0 Å². The molecule has 0 aromatic rings. The zero-order valence-electron chi connectivity index (χ0n) is 27.6. The smallest absolute Gasteiger partial charge is 0.305 e. The van der Waals surface area contributed by atoms with Crippen LogP contribution in [0.3, 0.4) is 0 Å². The van der Waals surface area contributed by atoms with Gasteiger partial charge in [0.2, 0.25) is 11.8 Å². The molecule has 6 N–H and O–H groups in total. The summed E-state index contributed by atoms with van der Waals surface area (Å²) in [6, 6.07) is 0. The predicted molar refractivity (Wildman–Crippen MR) is 174 cm³/mol. The summed E-state index contributed by atoms with van der Waals surface area (Å²) in [6.07, 6.45) is 8.64. The van der Waals surface area contributed by atoms with Crippen molar-refractivity contribution in [3.63, 3.8) is 0 Å². The molecule has 0 fully saturated rings. The van der Waals surface area contributed by atoms with E-state index in [4.69, 9.17) is 30.3 Å². The van der Waals surface area contributed by atoms with Gasteiger partial charge in [0.1, 0.15) is 6.61 Å². The summed E-state index contributed by atoms with van der Waals surface area (Å²) in [6.45, 7) is 5.67. The van der Waals surface area contributed by atoms with Crippen molar-refractivity contribution in [3.05, 3.63) is 0 Å². The number of unbranched alkanes of at least 4 members (excludes halogenated alkanes) is 5. The molecular weight excluding hydrogens is 590 g/mol. The minimum Gasteiger partial charge on any atom is -0.870 e. The Labute approximate surface area is 271 Å². The Kier molecular flexibility index (Phi) is 46.0. The summed E-state index contributed by atoms with van der Waals surface area (Å²) in [4.78, 5) is 49.4. The van der Waals surface area contributed by atoms with E-state index in [0.717, 1.165) is 45.1 Å². The van der Waals surface area contributed by atoms with Crippen LogP contribution in [0.15, 0.2) is 0 Å². The van der Waals surface area contributed by atoms with Gasteiger partial charge in [-0.1, -0.05) is 47.0 Å². The number of nitrogens with zero attached hydrogens (tertiary/aromatic N) is 3. The third kappa shape index (κ3) is 39.6. The largest absolute Gasteiger partial charge is 0.870 e. The minimum absolute atomic E-state index is 0. The van der Waals surface area contributed by atoms with Crippen LogP contribution < -0.4 is 0 Å². The molecule has 0 rings (SSSR count). The van der Waals surface area contributed by atoms with Crippen LogP contribution in [0.4, 0.5) is 0 Å². The molecule has 45 heavy (non-hydrogen) atoms. The number of amides is 2. The molecule has 2 amide bonds. The van der Waals surface area contributed by atoms with Crippen molar-refractivity contribution in [2.24, 2.45) is 0 Å². The second-order valence-electron chi connectivity index (χ2n) is 10.2. The zero-order chi connectivity index (χ0) is 33.3. The Bertz CT molecular complexity index is 641. The van der Waals surface area contributed by atoms with Crippen LogP contribution >= 0.6 is 0 Å². The average Bonchev–Trinajstić information content (AvgIpc) is 2.95. The van der Waals surface area contributed by atoms with Gasteiger partial charge in [-0.05, 0) is 39.8 Å². The first-order valence-corrected chi connectivity index (χ1v) is 15.5. The van der Waals surface area contributed by atoms with Gasteiger partial charge in [-0.2, -0.15) is 0 Å². The molecule has 0 bridgehead atoms. The Morgan fingerprint density at radius 1 is 0.578 bits per heavy atom. The first kappa shape index (κ1) is 52.2. The van der Waals surface area contributed by atoms with Crippen molar-refractivity contribution in [2.45, 2.75) is 98.3 Å². The van der Waals surface area contributed by atoms with E-state index >= 15 is 0 Å². The molecule has 0 aliphatic carbocycles. The van der Waals surface area contributed by atoms with Crippen LogP contribution in [0.1, 0.15) is 98.3 Å².